The number of aromatic nitrogens is 2. The molecule has 0 saturated heterocycles. The van der Waals surface area contributed by atoms with Crippen LogP contribution < -0.4 is 0 Å². The number of halogens is 1. The minimum Gasteiger partial charge on any atom is -0.341 e. The molecule has 0 radical (unpaired) electrons. The Balaban J connectivity index is 1.60. The molecule has 7 heteroatoms. The molecule has 0 aliphatic carbocycles. The molecule has 3 aromatic rings. The Bertz CT molecular complexity index is 943. The van der Waals surface area contributed by atoms with Crippen molar-refractivity contribution in [3.05, 3.63) is 70.5 Å². The van der Waals surface area contributed by atoms with Crippen LogP contribution in [0.4, 0.5) is 0 Å². The molecule has 0 unspecified atom stereocenters. The number of benzene rings is 2. The number of hydrogen-bond donors (Lipinski definition) is 0. The Morgan fingerprint density at radius 1 is 1.19 bits per heavy atom. The molecule has 0 atom stereocenters. The molecule has 0 fully saturated rings. The van der Waals surface area contributed by atoms with Gasteiger partial charge in [-0.25, -0.2) is 0 Å². The molecule has 26 heavy (non-hydrogen) atoms. The Labute approximate surface area is 155 Å². The second kappa shape index (κ2) is 7.81. The lowest BCUT2D eigenvalue weighted by Crippen LogP contribution is -2.29. The lowest BCUT2D eigenvalue weighted by molar-refractivity contribution is 0.0796. The summed E-state index contributed by atoms with van der Waals surface area (Å²) in [6.07, 6.45) is 0.468. The molecule has 0 bridgehead atoms. The van der Waals surface area contributed by atoms with E-state index in [-0.39, 0.29) is 5.91 Å². The average molecular weight is 367 g/mol. The molecular formula is C19H15ClN4O2. The van der Waals surface area contributed by atoms with Crippen LogP contribution >= 0.6 is 11.6 Å². The summed E-state index contributed by atoms with van der Waals surface area (Å²) in [4.78, 5) is 18.3. The summed E-state index contributed by atoms with van der Waals surface area (Å²) >= 11 is 5.87. The van der Waals surface area contributed by atoms with Gasteiger partial charge >= 0.3 is 0 Å². The number of carbonyl (C=O) groups is 1. The number of carbonyl (C=O) groups excluding carboxylic acids is 1. The van der Waals surface area contributed by atoms with E-state index < -0.39 is 0 Å². The minimum atomic E-state index is -0.129. The number of likely N-dealkylation sites (N-methyl/N-ethyl adjacent to an activating group) is 1. The Kier molecular flexibility index (Phi) is 5.30. The topological polar surface area (TPSA) is 83.0 Å². The van der Waals surface area contributed by atoms with Crippen molar-refractivity contribution in [2.24, 2.45) is 0 Å². The highest BCUT2D eigenvalue weighted by Crippen LogP contribution is 2.19. The molecule has 0 aliphatic rings. The Hall–Kier alpha value is -3.17. The van der Waals surface area contributed by atoms with Crippen molar-refractivity contribution >= 4 is 17.5 Å². The Morgan fingerprint density at radius 2 is 1.88 bits per heavy atom. The highest BCUT2D eigenvalue weighted by molar-refractivity contribution is 6.30. The standard InChI is InChI=1S/C19H15ClN4O2/c1-24(19(25)15-4-2-13(12-21)3-5-15)11-10-17-22-18(26-23-17)14-6-8-16(20)9-7-14/h2-9H,10-11H2,1H3. The third-order valence-corrected chi connectivity index (χ3v) is 4.09. The third-order valence-electron chi connectivity index (χ3n) is 3.84. The van der Waals surface area contributed by atoms with Gasteiger partial charge in [0.1, 0.15) is 0 Å². The molecular weight excluding hydrogens is 352 g/mol. The first-order valence-corrected chi connectivity index (χ1v) is 8.29. The van der Waals surface area contributed by atoms with E-state index in [0.29, 0.717) is 40.8 Å². The van der Waals surface area contributed by atoms with Gasteiger partial charge < -0.3 is 9.42 Å². The maximum absolute atomic E-state index is 12.4. The van der Waals surface area contributed by atoms with Gasteiger partial charge in [0.25, 0.3) is 11.8 Å². The lowest BCUT2D eigenvalue weighted by atomic mass is 10.1. The third kappa shape index (κ3) is 4.08. The zero-order chi connectivity index (χ0) is 18.5. The van der Waals surface area contributed by atoms with E-state index in [1.165, 1.54) is 0 Å². The van der Waals surface area contributed by atoms with Gasteiger partial charge in [-0.15, -0.1) is 0 Å². The van der Waals surface area contributed by atoms with Crippen LogP contribution in [-0.2, 0) is 6.42 Å². The van der Waals surface area contributed by atoms with Gasteiger partial charge in [0.2, 0.25) is 0 Å². The van der Waals surface area contributed by atoms with Crippen LogP contribution in [0.1, 0.15) is 21.7 Å². The van der Waals surface area contributed by atoms with Crippen LogP contribution in [0.5, 0.6) is 0 Å². The number of nitriles is 1. The highest BCUT2D eigenvalue weighted by Gasteiger charge is 2.14. The van der Waals surface area contributed by atoms with Gasteiger partial charge in [-0.05, 0) is 48.5 Å². The SMILES string of the molecule is CN(CCc1noc(-c2ccc(Cl)cc2)n1)C(=O)c1ccc(C#N)cc1. The van der Waals surface area contributed by atoms with Crippen LogP contribution in [0, 0.1) is 11.3 Å². The summed E-state index contributed by atoms with van der Waals surface area (Å²) in [6, 6.07) is 15.7. The van der Waals surface area contributed by atoms with Crippen LogP contribution in [0.15, 0.2) is 53.1 Å². The van der Waals surface area contributed by atoms with Gasteiger partial charge in [-0.3, -0.25) is 4.79 Å². The molecule has 1 heterocycles. The fourth-order valence-corrected chi connectivity index (χ4v) is 2.47. The summed E-state index contributed by atoms with van der Waals surface area (Å²) in [6.45, 7) is 0.443. The molecule has 0 spiro atoms. The van der Waals surface area contributed by atoms with Crippen molar-refractivity contribution in [3.63, 3.8) is 0 Å². The van der Waals surface area contributed by atoms with E-state index in [0.717, 1.165) is 5.56 Å². The summed E-state index contributed by atoms with van der Waals surface area (Å²) in [7, 11) is 1.71. The van der Waals surface area contributed by atoms with Crippen LogP contribution in [-0.4, -0.2) is 34.5 Å². The van der Waals surface area contributed by atoms with Crippen molar-refractivity contribution in [2.45, 2.75) is 6.42 Å². The zero-order valence-electron chi connectivity index (χ0n) is 14.0. The molecule has 0 aliphatic heterocycles. The van der Waals surface area contributed by atoms with Gasteiger partial charge in [0, 0.05) is 36.2 Å². The van der Waals surface area contributed by atoms with E-state index in [1.807, 2.05) is 6.07 Å². The largest absolute Gasteiger partial charge is 0.341 e. The molecule has 6 nitrogen and oxygen atoms in total. The fraction of sp³-hybridized carbons (Fsp3) is 0.158. The molecule has 3 rings (SSSR count). The molecule has 2 aromatic carbocycles. The number of rotatable bonds is 5. The first-order chi connectivity index (χ1) is 12.6. The van der Waals surface area contributed by atoms with Gasteiger partial charge in [-0.1, -0.05) is 16.8 Å². The average Bonchev–Trinajstić information content (AvgIpc) is 3.15. The second-order valence-electron chi connectivity index (χ2n) is 5.69. The maximum atomic E-state index is 12.4. The van der Waals surface area contributed by atoms with Crippen LogP contribution in [0.25, 0.3) is 11.5 Å². The minimum absolute atomic E-state index is 0.129. The van der Waals surface area contributed by atoms with Gasteiger partial charge in [0.05, 0.1) is 11.6 Å². The Morgan fingerprint density at radius 3 is 2.54 bits per heavy atom. The van der Waals surface area contributed by atoms with Gasteiger partial charge in [-0.2, -0.15) is 10.2 Å². The van der Waals surface area contributed by atoms with Crippen molar-refractivity contribution < 1.29 is 9.32 Å². The van der Waals surface area contributed by atoms with E-state index in [2.05, 4.69) is 10.1 Å². The molecule has 0 N–H and O–H groups in total. The summed E-state index contributed by atoms with van der Waals surface area (Å²) in [5.74, 6) is 0.808. The van der Waals surface area contributed by atoms with E-state index in [1.54, 1.807) is 60.5 Å². The monoisotopic (exact) mass is 366 g/mol. The normalized spacial score (nSPS) is 10.3. The number of amides is 1. The first kappa shape index (κ1) is 17.6. The first-order valence-electron chi connectivity index (χ1n) is 7.91. The molecule has 130 valence electrons. The van der Waals surface area contributed by atoms with Crippen molar-refractivity contribution in [1.82, 2.24) is 15.0 Å². The smallest absolute Gasteiger partial charge is 0.257 e. The summed E-state index contributed by atoms with van der Waals surface area (Å²) < 4.78 is 5.26. The van der Waals surface area contributed by atoms with E-state index in [9.17, 15) is 4.79 Å². The van der Waals surface area contributed by atoms with Crippen LogP contribution in [0.3, 0.4) is 0 Å². The zero-order valence-corrected chi connectivity index (χ0v) is 14.8. The lowest BCUT2D eigenvalue weighted by Gasteiger charge is -2.16. The van der Waals surface area contributed by atoms with Gasteiger partial charge in [0.15, 0.2) is 5.82 Å². The van der Waals surface area contributed by atoms with Crippen molar-refractivity contribution in [2.75, 3.05) is 13.6 Å². The second-order valence-corrected chi connectivity index (χ2v) is 6.12. The van der Waals surface area contributed by atoms with E-state index >= 15 is 0 Å². The quantitative estimate of drug-likeness (QED) is 0.689. The predicted molar refractivity (Wildman–Crippen MR) is 96.6 cm³/mol. The maximum Gasteiger partial charge on any atom is 0.257 e. The fourth-order valence-electron chi connectivity index (χ4n) is 2.34. The molecule has 0 saturated carbocycles. The van der Waals surface area contributed by atoms with Crippen LogP contribution in [0.2, 0.25) is 5.02 Å². The summed E-state index contributed by atoms with van der Waals surface area (Å²) in [5.41, 5.74) is 1.84. The molecule has 1 aromatic heterocycles. The summed E-state index contributed by atoms with van der Waals surface area (Å²) in [5, 5.41) is 13.4. The van der Waals surface area contributed by atoms with E-state index in [4.69, 9.17) is 21.4 Å². The predicted octanol–water partition coefficient (Wildman–Crippen LogP) is 3.58. The number of nitrogens with zero attached hydrogens (tertiary/aromatic N) is 4. The number of hydrogen-bond acceptors (Lipinski definition) is 5. The molecule has 1 amide bonds. The van der Waals surface area contributed by atoms with Crippen molar-refractivity contribution in [3.8, 4) is 17.5 Å². The highest BCUT2D eigenvalue weighted by atomic mass is 35.5. The van der Waals surface area contributed by atoms with Crippen molar-refractivity contribution in [1.29, 1.82) is 5.26 Å².